The molecule has 2 bridgehead atoms. The van der Waals surface area contributed by atoms with Gasteiger partial charge in [-0.1, -0.05) is 12.2 Å². The highest BCUT2D eigenvalue weighted by molar-refractivity contribution is 5.80. The zero-order chi connectivity index (χ0) is 11.9. The third-order valence-corrected chi connectivity index (χ3v) is 4.15. The summed E-state index contributed by atoms with van der Waals surface area (Å²) < 4.78 is 0. The summed E-state index contributed by atoms with van der Waals surface area (Å²) in [6.45, 7) is 6.45. The molecule has 0 heterocycles. The summed E-state index contributed by atoms with van der Waals surface area (Å²) in [5.41, 5.74) is 7.18. The average molecular weight is 222 g/mol. The fourth-order valence-corrected chi connectivity index (χ4v) is 3.44. The molecule has 2 aliphatic rings. The van der Waals surface area contributed by atoms with Gasteiger partial charge in [0, 0.05) is 19.6 Å². The lowest BCUT2D eigenvalue weighted by Crippen LogP contribution is -2.46. The van der Waals surface area contributed by atoms with E-state index < -0.39 is 0 Å². The molecule has 2 fully saturated rings. The fraction of sp³-hybridized carbons (Fsp3) is 0.769. The molecule has 16 heavy (non-hydrogen) atoms. The molecule has 0 spiro atoms. The van der Waals surface area contributed by atoms with E-state index in [1.807, 2.05) is 14.0 Å². The Balaban J connectivity index is 2.02. The Morgan fingerprint density at radius 3 is 2.56 bits per heavy atom. The summed E-state index contributed by atoms with van der Waals surface area (Å²) in [6.07, 6.45) is 3.58. The topological polar surface area (TPSA) is 46.3 Å². The van der Waals surface area contributed by atoms with E-state index in [1.54, 1.807) is 4.90 Å². The number of rotatable bonds is 3. The van der Waals surface area contributed by atoms with Crippen LogP contribution in [-0.2, 0) is 4.79 Å². The van der Waals surface area contributed by atoms with Gasteiger partial charge in [0.25, 0.3) is 0 Å². The Hall–Kier alpha value is -0.830. The molecule has 2 rings (SSSR count). The molecule has 90 valence electrons. The molecule has 3 heteroatoms. The SMILES string of the molecule is C=C(C)CN(C)C(=O)C1C2CCC(C2)C1N. The van der Waals surface area contributed by atoms with Gasteiger partial charge in [0.15, 0.2) is 0 Å². The Morgan fingerprint density at radius 1 is 1.44 bits per heavy atom. The zero-order valence-corrected chi connectivity index (χ0v) is 10.3. The van der Waals surface area contributed by atoms with Crippen molar-refractivity contribution in [2.45, 2.75) is 32.2 Å². The van der Waals surface area contributed by atoms with Crippen LogP contribution in [0.4, 0.5) is 0 Å². The van der Waals surface area contributed by atoms with Gasteiger partial charge in [-0.25, -0.2) is 0 Å². The van der Waals surface area contributed by atoms with Crippen molar-refractivity contribution in [2.75, 3.05) is 13.6 Å². The van der Waals surface area contributed by atoms with Gasteiger partial charge in [0.05, 0.1) is 5.92 Å². The van der Waals surface area contributed by atoms with Crippen molar-refractivity contribution in [3.8, 4) is 0 Å². The minimum absolute atomic E-state index is 0.0723. The minimum Gasteiger partial charge on any atom is -0.341 e. The first-order valence-electron chi connectivity index (χ1n) is 6.15. The Morgan fingerprint density at radius 2 is 2.06 bits per heavy atom. The quantitative estimate of drug-likeness (QED) is 0.734. The first-order chi connectivity index (χ1) is 7.50. The maximum atomic E-state index is 12.3. The lowest BCUT2D eigenvalue weighted by molar-refractivity contribution is -0.136. The Kier molecular flexibility index (Phi) is 3.06. The number of amides is 1. The highest BCUT2D eigenvalue weighted by Gasteiger charge is 2.49. The van der Waals surface area contributed by atoms with Gasteiger partial charge in [0.1, 0.15) is 0 Å². The third kappa shape index (κ3) is 1.88. The minimum atomic E-state index is 0.0723. The number of nitrogens with two attached hydrogens (primary N) is 1. The summed E-state index contributed by atoms with van der Waals surface area (Å²) in [5, 5.41) is 0. The van der Waals surface area contributed by atoms with Gasteiger partial charge >= 0.3 is 0 Å². The normalized spacial score (nSPS) is 36.4. The molecule has 3 nitrogen and oxygen atoms in total. The van der Waals surface area contributed by atoms with E-state index in [0.717, 1.165) is 5.57 Å². The van der Waals surface area contributed by atoms with E-state index in [4.69, 9.17) is 5.73 Å². The van der Waals surface area contributed by atoms with Gasteiger partial charge in [-0.2, -0.15) is 0 Å². The van der Waals surface area contributed by atoms with Crippen molar-refractivity contribution in [3.05, 3.63) is 12.2 Å². The molecule has 2 aliphatic carbocycles. The average Bonchev–Trinajstić information content (AvgIpc) is 2.75. The Bertz CT molecular complexity index is 311. The fourth-order valence-electron chi connectivity index (χ4n) is 3.44. The molecule has 0 aliphatic heterocycles. The van der Waals surface area contributed by atoms with Crippen LogP contribution < -0.4 is 5.73 Å². The molecule has 2 saturated carbocycles. The smallest absolute Gasteiger partial charge is 0.227 e. The van der Waals surface area contributed by atoms with Crippen LogP contribution in [0.2, 0.25) is 0 Å². The second-order valence-corrected chi connectivity index (χ2v) is 5.59. The molecule has 0 aromatic rings. The number of hydrogen-bond donors (Lipinski definition) is 1. The molecule has 0 saturated heterocycles. The van der Waals surface area contributed by atoms with Crippen molar-refractivity contribution in [3.63, 3.8) is 0 Å². The maximum Gasteiger partial charge on any atom is 0.227 e. The molecule has 0 radical (unpaired) electrons. The van der Waals surface area contributed by atoms with Crippen LogP contribution in [0.1, 0.15) is 26.2 Å². The van der Waals surface area contributed by atoms with Crippen LogP contribution in [0.25, 0.3) is 0 Å². The lowest BCUT2D eigenvalue weighted by Gasteiger charge is -2.30. The molecule has 2 N–H and O–H groups in total. The third-order valence-electron chi connectivity index (χ3n) is 4.15. The molecular formula is C13H22N2O. The van der Waals surface area contributed by atoms with E-state index in [2.05, 4.69) is 6.58 Å². The standard InChI is InChI=1S/C13H22N2O/c1-8(2)7-15(3)13(16)11-9-4-5-10(6-9)12(11)14/h9-12H,1,4-7,14H2,2-3H3. The van der Waals surface area contributed by atoms with Crippen molar-refractivity contribution >= 4 is 5.91 Å². The highest BCUT2D eigenvalue weighted by Crippen LogP contribution is 2.48. The van der Waals surface area contributed by atoms with Crippen molar-refractivity contribution in [2.24, 2.45) is 23.5 Å². The number of fused-ring (bicyclic) bond motifs is 2. The van der Waals surface area contributed by atoms with Crippen LogP contribution in [0.3, 0.4) is 0 Å². The molecule has 4 unspecified atom stereocenters. The van der Waals surface area contributed by atoms with Gasteiger partial charge in [-0.15, -0.1) is 0 Å². The number of carbonyl (C=O) groups is 1. The second-order valence-electron chi connectivity index (χ2n) is 5.59. The maximum absolute atomic E-state index is 12.3. The van der Waals surface area contributed by atoms with E-state index in [0.29, 0.717) is 18.4 Å². The number of carbonyl (C=O) groups excluding carboxylic acids is 1. The zero-order valence-electron chi connectivity index (χ0n) is 10.3. The first kappa shape index (κ1) is 11.6. The predicted octanol–water partition coefficient (Wildman–Crippen LogP) is 1.39. The van der Waals surface area contributed by atoms with Crippen LogP contribution in [-0.4, -0.2) is 30.4 Å². The number of hydrogen-bond acceptors (Lipinski definition) is 2. The largest absolute Gasteiger partial charge is 0.341 e. The van der Waals surface area contributed by atoms with Crippen LogP contribution >= 0.6 is 0 Å². The summed E-state index contributed by atoms with van der Waals surface area (Å²) in [5.74, 6) is 1.43. The van der Waals surface area contributed by atoms with Gasteiger partial charge < -0.3 is 10.6 Å². The van der Waals surface area contributed by atoms with Crippen LogP contribution in [0, 0.1) is 17.8 Å². The van der Waals surface area contributed by atoms with E-state index in [-0.39, 0.29) is 17.9 Å². The lowest BCUT2D eigenvalue weighted by atomic mass is 9.84. The van der Waals surface area contributed by atoms with Crippen LogP contribution in [0.5, 0.6) is 0 Å². The summed E-state index contributed by atoms with van der Waals surface area (Å²) in [4.78, 5) is 14.1. The van der Waals surface area contributed by atoms with E-state index in [1.165, 1.54) is 19.3 Å². The summed E-state index contributed by atoms with van der Waals surface area (Å²) in [7, 11) is 1.86. The molecule has 0 aromatic heterocycles. The van der Waals surface area contributed by atoms with Crippen molar-refractivity contribution in [1.29, 1.82) is 0 Å². The molecule has 0 aromatic carbocycles. The molecule has 4 atom stereocenters. The second kappa shape index (κ2) is 4.21. The van der Waals surface area contributed by atoms with Gasteiger partial charge in [-0.3, -0.25) is 4.79 Å². The van der Waals surface area contributed by atoms with Crippen LogP contribution in [0.15, 0.2) is 12.2 Å². The highest BCUT2D eigenvalue weighted by atomic mass is 16.2. The van der Waals surface area contributed by atoms with Gasteiger partial charge in [-0.05, 0) is 38.0 Å². The van der Waals surface area contributed by atoms with Crippen molar-refractivity contribution < 1.29 is 4.79 Å². The van der Waals surface area contributed by atoms with Gasteiger partial charge in [0.2, 0.25) is 5.91 Å². The monoisotopic (exact) mass is 222 g/mol. The predicted molar refractivity (Wildman–Crippen MR) is 64.7 cm³/mol. The number of likely N-dealkylation sites (N-methyl/N-ethyl adjacent to an activating group) is 1. The summed E-state index contributed by atoms with van der Waals surface area (Å²) in [6, 6.07) is 0.0961. The summed E-state index contributed by atoms with van der Waals surface area (Å²) >= 11 is 0. The number of nitrogens with zero attached hydrogens (tertiary/aromatic N) is 1. The van der Waals surface area contributed by atoms with E-state index in [9.17, 15) is 4.79 Å². The van der Waals surface area contributed by atoms with Crippen molar-refractivity contribution in [1.82, 2.24) is 4.90 Å². The first-order valence-corrected chi connectivity index (χ1v) is 6.15. The molecular weight excluding hydrogens is 200 g/mol. The Labute approximate surface area is 97.7 Å². The van der Waals surface area contributed by atoms with E-state index >= 15 is 0 Å². The molecule has 1 amide bonds.